The first-order valence-electron chi connectivity index (χ1n) is 6.26. The van der Waals surface area contributed by atoms with Crippen molar-refractivity contribution in [2.75, 3.05) is 13.7 Å². The Morgan fingerprint density at radius 1 is 1.24 bits per heavy atom. The summed E-state index contributed by atoms with van der Waals surface area (Å²) in [5, 5.41) is 0. The molecular weight excluding hydrogens is 305 g/mol. The number of nitrogens with one attached hydrogen (secondary N) is 1. The Morgan fingerprint density at radius 2 is 1.90 bits per heavy atom. The minimum absolute atomic E-state index is 0.257. The Kier molecular flexibility index (Phi) is 4.90. The highest BCUT2D eigenvalue weighted by Crippen LogP contribution is 2.30. The summed E-state index contributed by atoms with van der Waals surface area (Å²) in [7, 11) is 1.59. The van der Waals surface area contributed by atoms with Crippen LogP contribution in [0.5, 0.6) is 0 Å². The third-order valence-electron chi connectivity index (χ3n) is 3.03. The number of aromatic nitrogens is 2. The predicted octanol–water partition coefficient (Wildman–Crippen LogP) is 4.02. The molecule has 0 spiro atoms. The molecule has 2 rings (SSSR count). The summed E-state index contributed by atoms with van der Waals surface area (Å²) in [6, 6.07) is 4.85. The van der Waals surface area contributed by atoms with Gasteiger partial charge < -0.3 is 9.72 Å². The van der Waals surface area contributed by atoms with E-state index < -0.39 is 11.7 Å². The van der Waals surface area contributed by atoms with Crippen molar-refractivity contribution in [2.45, 2.75) is 18.5 Å². The Hall–Kier alpha value is -1.53. The van der Waals surface area contributed by atoms with Crippen molar-refractivity contribution in [2.24, 2.45) is 0 Å². The maximum atomic E-state index is 12.5. The fourth-order valence-electron chi connectivity index (χ4n) is 1.92. The fraction of sp³-hybridized carbons (Fsp3) is 0.357. The number of alkyl halides is 4. The second kappa shape index (κ2) is 6.49. The molecule has 0 unspecified atom stereocenters. The van der Waals surface area contributed by atoms with E-state index in [9.17, 15) is 13.2 Å². The number of rotatable bonds is 5. The van der Waals surface area contributed by atoms with Gasteiger partial charge in [-0.25, -0.2) is 4.98 Å². The number of halogens is 4. The van der Waals surface area contributed by atoms with Crippen molar-refractivity contribution in [3.05, 3.63) is 41.2 Å². The zero-order chi connectivity index (χ0) is 15.5. The molecule has 0 saturated carbocycles. The van der Waals surface area contributed by atoms with Crippen LogP contribution in [0.4, 0.5) is 13.2 Å². The number of hydrogen-bond donors (Lipinski definition) is 1. The molecular formula is C14H14ClF3N2O. The molecule has 0 saturated heterocycles. The van der Waals surface area contributed by atoms with Gasteiger partial charge in [0.15, 0.2) is 0 Å². The van der Waals surface area contributed by atoms with E-state index in [4.69, 9.17) is 16.3 Å². The zero-order valence-electron chi connectivity index (χ0n) is 11.3. The van der Waals surface area contributed by atoms with E-state index in [1.165, 1.54) is 12.1 Å². The van der Waals surface area contributed by atoms with Gasteiger partial charge in [-0.3, -0.25) is 0 Å². The molecule has 21 heavy (non-hydrogen) atoms. The van der Waals surface area contributed by atoms with Crippen molar-refractivity contribution in [1.82, 2.24) is 9.97 Å². The molecule has 0 aliphatic rings. The first-order chi connectivity index (χ1) is 9.95. The topological polar surface area (TPSA) is 37.9 Å². The quantitative estimate of drug-likeness (QED) is 0.845. The lowest BCUT2D eigenvalue weighted by Gasteiger charge is -2.06. The third kappa shape index (κ3) is 3.77. The molecule has 0 radical (unpaired) electrons. The lowest BCUT2D eigenvalue weighted by molar-refractivity contribution is -0.137. The lowest BCUT2D eigenvalue weighted by atomic mass is 10.1. The van der Waals surface area contributed by atoms with Gasteiger partial charge in [0, 0.05) is 19.1 Å². The maximum absolute atomic E-state index is 12.5. The molecule has 0 atom stereocenters. The van der Waals surface area contributed by atoms with Crippen LogP contribution in [0.15, 0.2) is 24.3 Å². The molecule has 1 heterocycles. The van der Waals surface area contributed by atoms with E-state index in [1.54, 1.807) is 7.11 Å². The van der Waals surface area contributed by atoms with Gasteiger partial charge in [-0.05, 0) is 12.1 Å². The van der Waals surface area contributed by atoms with E-state index >= 15 is 0 Å². The van der Waals surface area contributed by atoms with Crippen LogP contribution in [0.2, 0.25) is 0 Å². The van der Waals surface area contributed by atoms with Crippen LogP contribution < -0.4 is 0 Å². The molecule has 7 heteroatoms. The molecule has 3 nitrogen and oxygen atoms in total. The first kappa shape index (κ1) is 15.9. The summed E-state index contributed by atoms with van der Waals surface area (Å²) in [4.78, 5) is 7.41. The van der Waals surface area contributed by atoms with Crippen molar-refractivity contribution in [1.29, 1.82) is 0 Å². The number of H-pyrrole nitrogens is 1. The molecule has 0 amide bonds. The average Bonchev–Trinajstić information content (AvgIpc) is 2.87. The minimum Gasteiger partial charge on any atom is -0.384 e. The number of aromatic amines is 1. The van der Waals surface area contributed by atoms with Crippen LogP contribution in [0.3, 0.4) is 0 Å². The number of nitrogens with zero attached hydrogens (tertiary/aromatic N) is 1. The molecule has 1 aromatic heterocycles. The smallest absolute Gasteiger partial charge is 0.384 e. The van der Waals surface area contributed by atoms with Crippen molar-refractivity contribution in [3.8, 4) is 11.4 Å². The Balaban J connectivity index is 2.27. The van der Waals surface area contributed by atoms with Gasteiger partial charge in [0.05, 0.1) is 29.4 Å². The zero-order valence-corrected chi connectivity index (χ0v) is 12.1. The van der Waals surface area contributed by atoms with Gasteiger partial charge in [-0.15, -0.1) is 11.6 Å². The van der Waals surface area contributed by atoms with Crippen LogP contribution >= 0.6 is 11.6 Å². The third-order valence-corrected chi connectivity index (χ3v) is 3.29. The summed E-state index contributed by atoms with van der Waals surface area (Å²) in [5.74, 6) is 0.762. The minimum atomic E-state index is -4.34. The summed E-state index contributed by atoms with van der Waals surface area (Å²) in [6.07, 6.45) is -3.75. The van der Waals surface area contributed by atoms with Gasteiger partial charge in [-0.2, -0.15) is 13.2 Å². The van der Waals surface area contributed by atoms with Crippen molar-refractivity contribution >= 4 is 11.6 Å². The van der Waals surface area contributed by atoms with Crippen LogP contribution in [0.1, 0.15) is 17.0 Å². The van der Waals surface area contributed by atoms with E-state index in [0.717, 1.165) is 23.5 Å². The lowest BCUT2D eigenvalue weighted by Crippen LogP contribution is -2.04. The summed E-state index contributed by atoms with van der Waals surface area (Å²) < 4.78 is 42.6. The highest BCUT2D eigenvalue weighted by molar-refractivity contribution is 6.17. The van der Waals surface area contributed by atoms with Gasteiger partial charge in [0.1, 0.15) is 5.82 Å². The van der Waals surface area contributed by atoms with E-state index in [1.807, 2.05) is 0 Å². The predicted molar refractivity (Wildman–Crippen MR) is 74.2 cm³/mol. The largest absolute Gasteiger partial charge is 0.416 e. The van der Waals surface area contributed by atoms with Crippen LogP contribution in [-0.4, -0.2) is 23.7 Å². The number of benzene rings is 1. The van der Waals surface area contributed by atoms with Gasteiger partial charge in [0.25, 0.3) is 0 Å². The highest BCUT2D eigenvalue weighted by atomic mass is 35.5. The number of hydrogen-bond acceptors (Lipinski definition) is 2. The maximum Gasteiger partial charge on any atom is 0.416 e. The standard InChI is InChI=1S/C14H14ClF3N2O/c1-21-7-6-11-12(8-15)20-13(19-11)9-2-4-10(5-3-9)14(16,17)18/h2-5H,6-8H2,1H3,(H,19,20). The van der Waals surface area contributed by atoms with Crippen LogP contribution in [0, 0.1) is 0 Å². The molecule has 0 bridgehead atoms. The SMILES string of the molecule is COCCc1nc(-c2ccc(C(F)(F)F)cc2)[nH]c1CCl. The van der Waals surface area contributed by atoms with Crippen molar-refractivity contribution < 1.29 is 17.9 Å². The molecule has 114 valence electrons. The molecule has 0 fully saturated rings. The molecule has 1 N–H and O–H groups in total. The average molecular weight is 319 g/mol. The van der Waals surface area contributed by atoms with Gasteiger partial charge in [0.2, 0.25) is 0 Å². The second-order valence-corrected chi connectivity index (χ2v) is 4.73. The fourth-order valence-corrected chi connectivity index (χ4v) is 2.14. The van der Waals surface area contributed by atoms with E-state index in [2.05, 4.69) is 9.97 Å². The Bertz CT molecular complexity index is 593. The molecule has 0 aliphatic carbocycles. The molecule has 2 aromatic rings. The van der Waals surface area contributed by atoms with Gasteiger partial charge in [-0.1, -0.05) is 12.1 Å². The highest BCUT2D eigenvalue weighted by Gasteiger charge is 2.30. The second-order valence-electron chi connectivity index (χ2n) is 4.46. The number of methoxy groups -OCH3 is 1. The molecule has 1 aromatic carbocycles. The van der Waals surface area contributed by atoms with Crippen LogP contribution in [0.25, 0.3) is 11.4 Å². The Labute approximate surface area is 125 Å². The van der Waals surface area contributed by atoms with E-state index in [-0.39, 0.29) is 5.88 Å². The monoisotopic (exact) mass is 318 g/mol. The summed E-state index contributed by atoms with van der Waals surface area (Å²) in [5.41, 5.74) is 1.42. The molecule has 0 aliphatic heterocycles. The van der Waals surface area contributed by atoms with Crippen LogP contribution in [-0.2, 0) is 23.2 Å². The first-order valence-corrected chi connectivity index (χ1v) is 6.79. The normalized spacial score (nSPS) is 11.9. The number of ether oxygens (including phenoxy) is 1. The van der Waals surface area contributed by atoms with Gasteiger partial charge >= 0.3 is 6.18 Å². The summed E-state index contributed by atoms with van der Waals surface area (Å²) in [6.45, 7) is 0.501. The van der Waals surface area contributed by atoms with E-state index in [0.29, 0.717) is 24.4 Å². The Morgan fingerprint density at radius 3 is 2.43 bits per heavy atom. The summed E-state index contributed by atoms with van der Waals surface area (Å²) >= 11 is 5.84. The number of imidazole rings is 1. The van der Waals surface area contributed by atoms with Crippen molar-refractivity contribution in [3.63, 3.8) is 0 Å².